The SMILES string of the molecule is C[Si](C)(C)N1C(=O)CN=C(c2ccccc2)c2cc(Cl)ccc21. The number of fused-ring (bicyclic) bond motifs is 1. The van der Waals surface area contributed by atoms with Crippen LogP contribution in [-0.2, 0) is 4.79 Å². The van der Waals surface area contributed by atoms with E-state index in [0.29, 0.717) is 5.02 Å². The van der Waals surface area contributed by atoms with Crippen LogP contribution in [0.15, 0.2) is 53.5 Å². The van der Waals surface area contributed by atoms with Crippen LogP contribution in [0.4, 0.5) is 5.69 Å². The Labute approximate surface area is 142 Å². The number of carbonyl (C=O) groups excluding carboxylic acids is 1. The molecule has 0 aliphatic carbocycles. The summed E-state index contributed by atoms with van der Waals surface area (Å²) in [5.41, 5.74) is 3.68. The summed E-state index contributed by atoms with van der Waals surface area (Å²) in [7, 11) is -1.88. The fourth-order valence-corrected chi connectivity index (χ4v) is 4.82. The lowest BCUT2D eigenvalue weighted by Crippen LogP contribution is -2.51. The third-order valence-corrected chi connectivity index (χ3v) is 5.86. The molecule has 0 saturated carbocycles. The van der Waals surface area contributed by atoms with Gasteiger partial charge in [-0.05, 0) is 18.2 Å². The van der Waals surface area contributed by atoms with Gasteiger partial charge in [-0.2, -0.15) is 0 Å². The molecule has 0 saturated heterocycles. The van der Waals surface area contributed by atoms with Gasteiger partial charge in [0.25, 0.3) is 0 Å². The Kier molecular flexibility index (Phi) is 4.13. The summed E-state index contributed by atoms with van der Waals surface area (Å²) in [4.78, 5) is 17.3. The van der Waals surface area contributed by atoms with Crippen LogP contribution in [-0.4, -0.2) is 26.4 Å². The number of hydrogen-bond donors (Lipinski definition) is 0. The zero-order valence-corrected chi connectivity index (χ0v) is 15.3. The molecule has 23 heavy (non-hydrogen) atoms. The van der Waals surface area contributed by atoms with Gasteiger partial charge in [0, 0.05) is 21.8 Å². The molecule has 2 aromatic rings. The highest BCUT2D eigenvalue weighted by atomic mass is 35.5. The van der Waals surface area contributed by atoms with Crippen LogP contribution in [0.25, 0.3) is 0 Å². The van der Waals surface area contributed by atoms with Gasteiger partial charge in [0.05, 0.1) is 5.71 Å². The van der Waals surface area contributed by atoms with Gasteiger partial charge < -0.3 is 4.57 Å². The van der Waals surface area contributed by atoms with E-state index in [1.54, 1.807) is 0 Å². The van der Waals surface area contributed by atoms with Crippen LogP contribution in [0.2, 0.25) is 24.7 Å². The van der Waals surface area contributed by atoms with Gasteiger partial charge in [0.15, 0.2) is 8.24 Å². The van der Waals surface area contributed by atoms with E-state index >= 15 is 0 Å². The highest BCUT2D eigenvalue weighted by Gasteiger charge is 2.34. The van der Waals surface area contributed by atoms with Gasteiger partial charge in [-0.15, -0.1) is 0 Å². The zero-order valence-electron chi connectivity index (χ0n) is 13.5. The molecule has 0 radical (unpaired) electrons. The van der Waals surface area contributed by atoms with Crippen molar-refractivity contribution in [3.8, 4) is 0 Å². The second-order valence-electron chi connectivity index (χ2n) is 6.59. The number of hydrogen-bond acceptors (Lipinski definition) is 2. The van der Waals surface area contributed by atoms with Crippen LogP contribution in [0, 0.1) is 0 Å². The first-order valence-electron chi connectivity index (χ1n) is 7.61. The molecular weight excluding hydrogens is 324 g/mol. The quantitative estimate of drug-likeness (QED) is 0.746. The fourth-order valence-electron chi connectivity index (χ4n) is 2.91. The summed E-state index contributed by atoms with van der Waals surface area (Å²) in [6.07, 6.45) is 0. The Hall–Kier alpha value is -1.91. The average Bonchev–Trinajstić information content (AvgIpc) is 2.63. The van der Waals surface area contributed by atoms with Crippen LogP contribution in [0.3, 0.4) is 0 Å². The predicted octanol–water partition coefficient (Wildman–Crippen LogP) is 4.36. The second-order valence-corrected chi connectivity index (χ2v) is 11.8. The molecule has 2 aromatic carbocycles. The van der Waals surface area contributed by atoms with E-state index in [1.807, 2.05) is 53.1 Å². The maximum absolute atomic E-state index is 12.7. The number of benzene rings is 2. The number of nitrogens with zero attached hydrogens (tertiary/aromatic N) is 2. The zero-order chi connectivity index (χ0) is 16.6. The molecule has 0 unspecified atom stereocenters. The van der Waals surface area contributed by atoms with Gasteiger partial charge in [0.1, 0.15) is 6.54 Å². The van der Waals surface area contributed by atoms with Crippen molar-refractivity contribution in [1.82, 2.24) is 0 Å². The minimum atomic E-state index is -1.88. The molecule has 5 heteroatoms. The normalized spacial score (nSPS) is 15.0. The van der Waals surface area contributed by atoms with Crippen LogP contribution in [0.1, 0.15) is 11.1 Å². The summed E-state index contributed by atoms with van der Waals surface area (Å²) in [5.74, 6) is 0.0543. The smallest absolute Gasteiger partial charge is 0.240 e. The van der Waals surface area contributed by atoms with Crippen molar-refractivity contribution in [2.45, 2.75) is 19.6 Å². The maximum atomic E-state index is 12.7. The van der Waals surface area contributed by atoms with Gasteiger partial charge in [0.2, 0.25) is 5.91 Å². The van der Waals surface area contributed by atoms with E-state index in [2.05, 4.69) is 24.6 Å². The van der Waals surface area contributed by atoms with Crippen molar-refractivity contribution in [3.05, 3.63) is 64.7 Å². The molecule has 1 aliphatic heterocycles. The van der Waals surface area contributed by atoms with Gasteiger partial charge in [-0.25, -0.2) is 0 Å². The Bertz CT molecular complexity index is 781. The molecule has 0 bridgehead atoms. The van der Waals surface area contributed by atoms with E-state index in [1.165, 1.54) is 0 Å². The first-order valence-corrected chi connectivity index (χ1v) is 11.4. The van der Waals surface area contributed by atoms with Gasteiger partial charge in [-0.3, -0.25) is 9.79 Å². The average molecular weight is 343 g/mol. The highest BCUT2D eigenvalue weighted by Crippen LogP contribution is 2.32. The molecule has 1 heterocycles. The Morgan fingerprint density at radius 3 is 2.43 bits per heavy atom. The number of carbonyl (C=O) groups is 1. The Balaban J connectivity index is 2.25. The standard InChI is InChI=1S/C18H19ClN2OSi/c1-23(2,3)21-16-10-9-14(19)11-15(16)18(20-12-17(21)22)13-7-5-4-6-8-13/h4-11H,12H2,1-3H3. The molecule has 0 aromatic heterocycles. The molecular formula is C18H19ClN2OSi. The topological polar surface area (TPSA) is 32.7 Å². The minimum Gasteiger partial charge on any atom is -0.339 e. The molecule has 0 fully saturated rings. The van der Waals surface area contributed by atoms with Crippen molar-refractivity contribution in [1.29, 1.82) is 0 Å². The first kappa shape index (κ1) is 16.0. The second kappa shape index (κ2) is 5.94. The van der Waals surface area contributed by atoms with Crippen LogP contribution < -0.4 is 4.57 Å². The van der Waals surface area contributed by atoms with Gasteiger partial charge in [-0.1, -0.05) is 61.6 Å². The number of rotatable bonds is 2. The monoisotopic (exact) mass is 342 g/mol. The van der Waals surface area contributed by atoms with E-state index in [4.69, 9.17) is 11.6 Å². The molecule has 0 atom stereocenters. The predicted molar refractivity (Wildman–Crippen MR) is 99.2 cm³/mol. The lowest BCUT2D eigenvalue weighted by Gasteiger charge is -2.34. The molecule has 3 rings (SSSR count). The Morgan fingerprint density at radius 2 is 1.78 bits per heavy atom. The molecule has 0 N–H and O–H groups in total. The van der Waals surface area contributed by atoms with Crippen molar-refractivity contribution in [2.75, 3.05) is 11.1 Å². The Morgan fingerprint density at radius 1 is 1.09 bits per heavy atom. The van der Waals surface area contributed by atoms with E-state index < -0.39 is 8.24 Å². The lowest BCUT2D eigenvalue weighted by atomic mass is 10.0. The maximum Gasteiger partial charge on any atom is 0.240 e. The first-order chi connectivity index (χ1) is 10.9. The largest absolute Gasteiger partial charge is 0.339 e. The summed E-state index contributed by atoms with van der Waals surface area (Å²) < 4.78 is 1.96. The third-order valence-electron chi connectivity index (χ3n) is 3.79. The fraction of sp³-hybridized carbons (Fsp3) is 0.222. The van der Waals surface area contributed by atoms with E-state index in [0.717, 1.165) is 22.5 Å². The number of aliphatic imine (C=N–C) groups is 1. The molecule has 118 valence electrons. The van der Waals surface area contributed by atoms with Gasteiger partial charge >= 0.3 is 0 Å². The van der Waals surface area contributed by atoms with Crippen LogP contribution >= 0.6 is 11.6 Å². The van der Waals surface area contributed by atoms with E-state index in [-0.39, 0.29) is 12.5 Å². The number of halogens is 1. The minimum absolute atomic E-state index is 0.0543. The molecule has 1 aliphatic rings. The number of benzodiazepines with no additional fused rings is 1. The molecule has 1 amide bonds. The van der Waals surface area contributed by atoms with Crippen molar-refractivity contribution in [2.24, 2.45) is 4.99 Å². The summed E-state index contributed by atoms with van der Waals surface area (Å²) >= 11 is 6.23. The lowest BCUT2D eigenvalue weighted by molar-refractivity contribution is -0.116. The summed E-state index contributed by atoms with van der Waals surface area (Å²) in [6.45, 7) is 6.66. The van der Waals surface area contributed by atoms with E-state index in [9.17, 15) is 4.79 Å². The molecule has 3 nitrogen and oxygen atoms in total. The van der Waals surface area contributed by atoms with Crippen LogP contribution in [0.5, 0.6) is 0 Å². The third kappa shape index (κ3) is 3.09. The number of amides is 1. The van der Waals surface area contributed by atoms with Crippen molar-refractivity contribution in [3.63, 3.8) is 0 Å². The molecule has 0 spiro atoms. The summed E-state index contributed by atoms with van der Waals surface area (Å²) in [6, 6.07) is 15.6. The summed E-state index contributed by atoms with van der Waals surface area (Å²) in [5, 5.41) is 0.650. The number of anilines is 1. The van der Waals surface area contributed by atoms with Crippen molar-refractivity contribution >= 4 is 37.1 Å². The van der Waals surface area contributed by atoms with Crippen molar-refractivity contribution < 1.29 is 4.79 Å². The highest BCUT2D eigenvalue weighted by molar-refractivity contribution is 6.83.